The number of rotatable bonds is 4. The Hall–Kier alpha value is -1.75. The molecule has 5 heteroatoms. The standard InChI is InChI=1S/C13H12F3NO/c14-13(15,16)12-3-1-2-10(6-12)7-17-8-11-4-5-18-9-11/h1-6,9,17H,7-8H2. The van der Waals surface area contributed by atoms with E-state index in [1.54, 1.807) is 24.7 Å². The van der Waals surface area contributed by atoms with Gasteiger partial charge in [-0.3, -0.25) is 0 Å². The maximum atomic E-state index is 12.5. The van der Waals surface area contributed by atoms with Crippen molar-refractivity contribution in [2.75, 3.05) is 0 Å². The lowest BCUT2D eigenvalue weighted by molar-refractivity contribution is -0.137. The van der Waals surface area contributed by atoms with E-state index in [4.69, 9.17) is 4.42 Å². The lowest BCUT2D eigenvalue weighted by Crippen LogP contribution is -2.13. The Morgan fingerprint density at radius 3 is 2.50 bits per heavy atom. The molecule has 0 fully saturated rings. The minimum Gasteiger partial charge on any atom is -0.472 e. The van der Waals surface area contributed by atoms with Crippen LogP contribution in [0, 0.1) is 0 Å². The molecule has 96 valence electrons. The highest BCUT2D eigenvalue weighted by Crippen LogP contribution is 2.29. The van der Waals surface area contributed by atoms with E-state index in [9.17, 15) is 13.2 Å². The van der Waals surface area contributed by atoms with Crippen LogP contribution in [-0.4, -0.2) is 0 Å². The number of benzene rings is 1. The fourth-order valence-corrected chi connectivity index (χ4v) is 1.60. The molecule has 2 aromatic rings. The van der Waals surface area contributed by atoms with Gasteiger partial charge in [-0.15, -0.1) is 0 Å². The minimum atomic E-state index is -4.29. The molecule has 18 heavy (non-hydrogen) atoms. The van der Waals surface area contributed by atoms with Crippen LogP contribution in [0.2, 0.25) is 0 Å². The lowest BCUT2D eigenvalue weighted by Gasteiger charge is -2.09. The fourth-order valence-electron chi connectivity index (χ4n) is 1.60. The summed E-state index contributed by atoms with van der Waals surface area (Å²) in [6.07, 6.45) is -1.14. The van der Waals surface area contributed by atoms with Gasteiger partial charge in [-0.2, -0.15) is 13.2 Å². The van der Waals surface area contributed by atoms with E-state index in [1.807, 2.05) is 0 Å². The van der Waals surface area contributed by atoms with Crippen LogP contribution >= 0.6 is 0 Å². The molecule has 0 saturated heterocycles. The summed E-state index contributed by atoms with van der Waals surface area (Å²) in [7, 11) is 0. The van der Waals surface area contributed by atoms with Crippen molar-refractivity contribution in [1.82, 2.24) is 5.32 Å². The van der Waals surface area contributed by atoms with Crippen molar-refractivity contribution in [1.29, 1.82) is 0 Å². The zero-order chi connectivity index (χ0) is 13.0. The number of furan rings is 1. The van der Waals surface area contributed by atoms with Gasteiger partial charge < -0.3 is 9.73 Å². The Labute approximate surface area is 102 Å². The predicted molar refractivity (Wildman–Crippen MR) is 60.7 cm³/mol. The van der Waals surface area contributed by atoms with Gasteiger partial charge in [-0.25, -0.2) is 0 Å². The summed E-state index contributed by atoms with van der Waals surface area (Å²) in [5, 5.41) is 3.06. The third kappa shape index (κ3) is 3.37. The highest BCUT2D eigenvalue weighted by atomic mass is 19.4. The maximum absolute atomic E-state index is 12.5. The molecule has 2 nitrogen and oxygen atoms in total. The third-order valence-corrected chi connectivity index (χ3v) is 2.49. The van der Waals surface area contributed by atoms with Gasteiger partial charge in [0.1, 0.15) is 0 Å². The summed E-state index contributed by atoms with van der Waals surface area (Å²) >= 11 is 0. The van der Waals surface area contributed by atoms with Crippen LogP contribution in [0.3, 0.4) is 0 Å². The minimum absolute atomic E-state index is 0.384. The molecular formula is C13H12F3NO. The zero-order valence-electron chi connectivity index (χ0n) is 9.50. The summed E-state index contributed by atoms with van der Waals surface area (Å²) in [4.78, 5) is 0. The van der Waals surface area contributed by atoms with Crippen LogP contribution in [0.25, 0.3) is 0 Å². The van der Waals surface area contributed by atoms with Crippen molar-refractivity contribution in [3.63, 3.8) is 0 Å². The highest BCUT2D eigenvalue weighted by Gasteiger charge is 2.30. The van der Waals surface area contributed by atoms with Crippen molar-refractivity contribution in [3.8, 4) is 0 Å². The SMILES string of the molecule is FC(F)(F)c1cccc(CNCc2ccoc2)c1. The zero-order valence-corrected chi connectivity index (χ0v) is 9.50. The summed E-state index contributed by atoms with van der Waals surface area (Å²) in [5.41, 5.74) is 0.945. The van der Waals surface area contributed by atoms with Crippen molar-refractivity contribution < 1.29 is 17.6 Å². The molecule has 0 atom stereocenters. The smallest absolute Gasteiger partial charge is 0.416 e. The van der Waals surface area contributed by atoms with Gasteiger partial charge in [0.25, 0.3) is 0 Å². The van der Waals surface area contributed by atoms with E-state index < -0.39 is 11.7 Å². The first-order valence-corrected chi connectivity index (χ1v) is 5.43. The van der Waals surface area contributed by atoms with Gasteiger partial charge in [-0.1, -0.05) is 18.2 Å². The maximum Gasteiger partial charge on any atom is 0.416 e. The van der Waals surface area contributed by atoms with Crippen molar-refractivity contribution >= 4 is 0 Å². The topological polar surface area (TPSA) is 25.2 Å². The summed E-state index contributed by atoms with van der Waals surface area (Å²) in [5.74, 6) is 0. The van der Waals surface area contributed by atoms with Gasteiger partial charge in [0.05, 0.1) is 18.1 Å². The average Bonchev–Trinajstić information content (AvgIpc) is 2.81. The highest BCUT2D eigenvalue weighted by molar-refractivity contribution is 5.25. The Bertz CT molecular complexity index is 491. The second-order valence-electron chi connectivity index (χ2n) is 3.93. The molecule has 0 aliphatic heterocycles. The first kappa shape index (κ1) is 12.7. The van der Waals surface area contributed by atoms with Gasteiger partial charge in [-0.05, 0) is 17.7 Å². The van der Waals surface area contributed by atoms with E-state index in [0.29, 0.717) is 18.7 Å². The number of halogens is 3. The second kappa shape index (κ2) is 5.27. The van der Waals surface area contributed by atoms with Crippen LogP contribution in [0.1, 0.15) is 16.7 Å². The normalized spacial score (nSPS) is 11.7. The Morgan fingerprint density at radius 2 is 1.83 bits per heavy atom. The second-order valence-corrected chi connectivity index (χ2v) is 3.93. The molecule has 0 unspecified atom stereocenters. The molecular weight excluding hydrogens is 243 g/mol. The van der Waals surface area contributed by atoms with Gasteiger partial charge in [0, 0.05) is 18.7 Å². The van der Waals surface area contributed by atoms with Crippen molar-refractivity contribution in [3.05, 3.63) is 59.5 Å². The third-order valence-electron chi connectivity index (χ3n) is 2.49. The van der Waals surface area contributed by atoms with E-state index in [2.05, 4.69) is 5.32 Å². The van der Waals surface area contributed by atoms with Crippen LogP contribution in [0.4, 0.5) is 13.2 Å². The van der Waals surface area contributed by atoms with Crippen molar-refractivity contribution in [2.45, 2.75) is 19.3 Å². The van der Waals surface area contributed by atoms with Crippen LogP contribution in [-0.2, 0) is 19.3 Å². The molecule has 1 aromatic carbocycles. The molecule has 0 bridgehead atoms. The largest absolute Gasteiger partial charge is 0.472 e. The molecule has 1 N–H and O–H groups in total. The first-order chi connectivity index (χ1) is 8.55. The molecule has 1 heterocycles. The van der Waals surface area contributed by atoms with E-state index in [0.717, 1.165) is 17.7 Å². The van der Waals surface area contributed by atoms with E-state index in [-0.39, 0.29) is 0 Å². The average molecular weight is 255 g/mol. The number of hydrogen-bond acceptors (Lipinski definition) is 2. The van der Waals surface area contributed by atoms with Crippen LogP contribution < -0.4 is 5.32 Å². The number of nitrogens with one attached hydrogen (secondary N) is 1. The molecule has 0 spiro atoms. The lowest BCUT2D eigenvalue weighted by atomic mass is 10.1. The molecule has 0 amide bonds. The van der Waals surface area contributed by atoms with Crippen LogP contribution in [0.5, 0.6) is 0 Å². The number of hydrogen-bond donors (Lipinski definition) is 1. The van der Waals surface area contributed by atoms with Crippen LogP contribution in [0.15, 0.2) is 47.3 Å². The molecule has 1 aromatic heterocycles. The Balaban J connectivity index is 1.93. The molecule has 0 aliphatic carbocycles. The van der Waals surface area contributed by atoms with Gasteiger partial charge >= 0.3 is 6.18 Å². The molecule has 0 radical (unpaired) electrons. The number of alkyl halides is 3. The summed E-state index contributed by atoms with van der Waals surface area (Å²) in [6, 6.07) is 7.11. The quantitative estimate of drug-likeness (QED) is 0.903. The summed E-state index contributed by atoms with van der Waals surface area (Å²) in [6.45, 7) is 0.946. The van der Waals surface area contributed by atoms with E-state index >= 15 is 0 Å². The first-order valence-electron chi connectivity index (χ1n) is 5.43. The monoisotopic (exact) mass is 255 g/mol. The predicted octanol–water partition coefficient (Wildman–Crippen LogP) is 3.59. The molecule has 2 rings (SSSR count). The Kier molecular flexibility index (Phi) is 3.72. The van der Waals surface area contributed by atoms with Gasteiger partial charge in [0.2, 0.25) is 0 Å². The molecule has 0 saturated carbocycles. The Morgan fingerprint density at radius 1 is 1.06 bits per heavy atom. The van der Waals surface area contributed by atoms with E-state index in [1.165, 1.54) is 6.07 Å². The van der Waals surface area contributed by atoms with Crippen molar-refractivity contribution in [2.24, 2.45) is 0 Å². The molecule has 0 aliphatic rings. The van der Waals surface area contributed by atoms with Gasteiger partial charge in [0.15, 0.2) is 0 Å². The summed E-state index contributed by atoms with van der Waals surface area (Å²) < 4.78 is 42.3. The fraction of sp³-hybridized carbons (Fsp3) is 0.231.